The first-order valence-corrected chi connectivity index (χ1v) is 11.7. The molecule has 0 bridgehead atoms. The van der Waals surface area contributed by atoms with Gasteiger partial charge in [0.2, 0.25) is 0 Å². The summed E-state index contributed by atoms with van der Waals surface area (Å²) in [4.78, 5) is 29.8. The largest absolute Gasteiger partial charge is 0.468 e. The van der Waals surface area contributed by atoms with Gasteiger partial charge in [0.15, 0.2) is 11.2 Å². The molecule has 5 rings (SSSR count). The number of nitriles is 1. The van der Waals surface area contributed by atoms with Gasteiger partial charge in [0.1, 0.15) is 6.04 Å². The van der Waals surface area contributed by atoms with E-state index in [1.807, 2.05) is 91.6 Å². The molecule has 4 atom stereocenters. The molecule has 1 fully saturated rings. The van der Waals surface area contributed by atoms with Crippen LogP contribution in [-0.2, 0) is 9.53 Å². The van der Waals surface area contributed by atoms with Gasteiger partial charge in [-0.25, -0.2) is 0 Å². The molecule has 174 valence electrons. The Morgan fingerprint density at radius 1 is 1.00 bits per heavy atom. The zero-order valence-electron chi connectivity index (χ0n) is 19.9. The first kappa shape index (κ1) is 22.6. The SMILES string of the molecule is COC(=O)[C@@]1(C#N)[C@H](c2ccc(C)cc2C)[C@@H](C(=O)c2ccccc2)N2c3ccccc3C=C[C@@H]21. The Hall–Kier alpha value is -4.17. The second-order valence-corrected chi connectivity index (χ2v) is 9.26. The van der Waals surface area contributed by atoms with E-state index >= 15 is 0 Å². The minimum Gasteiger partial charge on any atom is -0.468 e. The minimum atomic E-state index is -1.62. The van der Waals surface area contributed by atoms with Crippen molar-refractivity contribution < 1.29 is 14.3 Å². The summed E-state index contributed by atoms with van der Waals surface area (Å²) in [6, 6.07) is 23.7. The molecule has 0 saturated carbocycles. The van der Waals surface area contributed by atoms with Crippen molar-refractivity contribution in [1.29, 1.82) is 5.26 Å². The van der Waals surface area contributed by atoms with E-state index in [2.05, 4.69) is 6.07 Å². The van der Waals surface area contributed by atoms with Gasteiger partial charge >= 0.3 is 5.97 Å². The maximum Gasteiger partial charge on any atom is 0.329 e. The van der Waals surface area contributed by atoms with Gasteiger partial charge in [-0.15, -0.1) is 0 Å². The number of rotatable bonds is 4. The van der Waals surface area contributed by atoms with E-state index < -0.39 is 29.4 Å². The lowest BCUT2D eigenvalue weighted by atomic mass is 9.67. The maximum absolute atomic E-state index is 14.3. The molecule has 2 heterocycles. The Kier molecular flexibility index (Phi) is 5.53. The van der Waals surface area contributed by atoms with E-state index in [9.17, 15) is 14.9 Å². The van der Waals surface area contributed by atoms with Crippen LogP contribution in [0.15, 0.2) is 78.9 Å². The van der Waals surface area contributed by atoms with Crippen LogP contribution in [0.4, 0.5) is 5.69 Å². The number of para-hydroxylation sites is 1. The summed E-state index contributed by atoms with van der Waals surface area (Å²) >= 11 is 0. The Labute approximate surface area is 205 Å². The molecular weight excluding hydrogens is 436 g/mol. The van der Waals surface area contributed by atoms with Gasteiger partial charge in [0, 0.05) is 17.2 Å². The van der Waals surface area contributed by atoms with Crippen molar-refractivity contribution >= 4 is 23.5 Å². The number of nitrogens with zero attached hydrogens (tertiary/aromatic N) is 2. The average molecular weight is 463 g/mol. The molecule has 1 saturated heterocycles. The van der Waals surface area contributed by atoms with Gasteiger partial charge in [-0.3, -0.25) is 9.59 Å². The zero-order valence-corrected chi connectivity index (χ0v) is 19.9. The predicted molar refractivity (Wildman–Crippen MR) is 135 cm³/mol. The van der Waals surface area contributed by atoms with Crippen molar-refractivity contribution in [2.24, 2.45) is 5.41 Å². The van der Waals surface area contributed by atoms with Crippen molar-refractivity contribution in [2.75, 3.05) is 12.0 Å². The smallest absolute Gasteiger partial charge is 0.329 e. The van der Waals surface area contributed by atoms with Crippen LogP contribution < -0.4 is 4.90 Å². The third kappa shape index (κ3) is 3.29. The fourth-order valence-corrected chi connectivity index (χ4v) is 5.83. The standard InChI is InChI=1S/C30H26N2O3/c1-19-13-15-23(20(2)17-19)26-27(28(33)22-10-5-4-6-11-22)32-24-12-8-7-9-21(24)14-16-25(32)30(26,18-31)29(34)35-3/h4-17,25-27H,1-3H3/t25-,26-,27+,30-/m1/s1. The molecule has 3 aromatic carbocycles. The summed E-state index contributed by atoms with van der Waals surface area (Å²) in [7, 11) is 1.30. The second-order valence-electron chi connectivity index (χ2n) is 9.26. The first-order valence-electron chi connectivity index (χ1n) is 11.7. The highest BCUT2D eigenvalue weighted by Gasteiger charge is 2.67. The van der Waals surface area contributed by atoms with E-state index in [-0.39, 0.29) is 5.78 Å². The fourth-order valence-electron chi connectivity index (χ4n) is 5.83. The van der Waals surface area contributed by atoms with Gasteiger partial charge in [-0.2, -0.15) is 5.26 Å². The average Bonchev–Trinajstić information content (AvgIpc) is 3.19. The quantitative estimate of drug-likeness (QED) is 0.392. The number of fused-ring (bicyclic) bond motifs is 3. The van der Waals surface area contributed by atoms with E-state index in [0.29, 0.717) is 5.56 Å². The van der Waals surface area contributed by atoms with E-state index in [0.717, 1.165) is 27.9 Å². The van der Waals surface area contributed by atoms with Crippen LogP contribution in [0.3, 0.4) is 0 Å². The molecule has 0 aliphatic carbocycles. The number of Topliss-reactive ketones (excluding diaryl/α,β-unsaturated/α-hetero) is 1. The Bertz CT molecular complexity index is 1390. The summed E-state index contributed by atoms with van der Waals surface area (Å²) in [5, 5.41) is 10.7. The highest BCUT2D eigenvalue weighted by Crippen LogP contribution is 2.56. The second kappa shape index (κ2) is 8.56. The highest BCUT2D eigenvalue weighted by atomic mass is 16.5. The summed E-state index contributed by atoms with van der Waals surface area (Å²) < 4.78 is 5.28. The summed E-state index contributed by atoms with van der Waals surface area (Å²) in [6.45, 7) is 3.96. The van der Waals surface area contributed by atoms with Gasteiger partial charge in [-0.05, 0) is 36.6 Å². The van der Waals surface area contributed by atoms with Gasteiger partial charge in [0.25, 0.3) is 0 Å². The van der Waals surface area contributed by atoms with Crippen LogP contribution in [0.2, 0.25) is 0 Å². The fraction of sp³-hybridized carbons (Fsp3) is 0.233. The molecule has 2 aliphatic rings. The number of methoxy groups -OCH3 is 1. The normalized spacial score (nSPS) is 24.3. The molecule has 3 aromatic rings. The number of carbonyl (C=O) groups excluding carboxylic acids is 2. The van der Waals surface area contributed by atoms with Crippen LogP contribution >= 0.6 is 0 Å². The first-order chi connectivity index (χ1) is 16.9. The van der Waals surface area contributed by atoms with Gasteiger partial charge < -0.3 is 9.64 Å². The number of ether oxygens (including phenoxy) is 1. The molecule has 0 N–H and O–H groups in total. The lowest BCUT2D eigenvalue weighted by Crippen LogP contribution is -2.46. The highest BCUT2D eigenvalue weighted by molar-refractivity contribution is 6.06. The molecular formula is C30H26N2O3. The molecule has 0 unspecified atom stereocenters. The van der Waals surface area contributed by atoms with E-state index in [4.69, 9.17) is 4.74 Å². The Morgan fingerprint density at radius 2 is 1.71 bits per heavy atom. The van der Waals surface area contributed by atoms with E-state index in [1.165, 1.54) is 7.11 Å². The number of aryl methyl sites for hydroxylation is 2. The van der Waals surface area contributed by atoms with Crippen molar-refractivity contribution in [3.63, 3.8) is 0 Å². The van der Waals surface area contributed by atoms with Crippen molar-refractivity contribution in [2.45, 2.75) is 31.8 Å². The monoisotopic (exact) mass is 462 g/mol. The third-order valence-electron chi connectivity index (χ3n) is 7.34. The van der Waals surface area contributed by atoms with Crippen molar-refractivity contribution in [3.05, 3.63) is 107 Å². The molecule has 0 spiro atoms. The number of hydrogen-bond donors (Lipinski definition) is 0. The number of esters is 1. The predicted octanol–water partition coefficient (Wildman–Crippen LogP) is 5.24. The molecule has 0 aromatic heterocycles. The van der Waals surface area contributed by atoms with Crippen molar-refractivity contribution in [3.8, 4) is 6.07 Å². The minimum absolute atomic E-state index is 0.133. The van der Waals surface area contributed by atoms with Crippen LogP contribution in [0.25, 0.3) is 6.08 Å². The van der Waals surface area contributed by atoms with Crippen LogP contribution in [-0.4, -0.2) is 30.9 Å². The lowest BCUT2D eigenvalue weighted by molar-refractivity contribution is -0.150. The molecule has 0 amide bonds. The van der Waals surface area contributed by atoms with Crippen LogP contribution in [0.1, 0.15) is 38.5 Å². The number of hydrogen-bond acceptors (Lipinski definition) is 5. The number of ketones is 1. The molecule has 5 nitrogen and oxygen atoms in total. The Morgan fingerprint density at radius 3 is 2.40 bits per heavy atom. The molecule has 5 heteroatoms. The van der Waals surface area contributed by atoms with Crippen LogP contribution in [0.5, 0.6) is 0 Å². The molecule has 0 radical (unpaired) electrons. The molecule has 35 heavy (non-hydrogen) atoms. The maximum atomic E-state index is 14.3. The van der Waals surface area contributed by atoms with Crippen molar-refractivity contribution in [1.82, 2.24) is 0 Å². The van der Waals surface area contributed by atoms with Gasteiger partial charge in [0.05, 0.1) is 19.2 Å². The topological polar surface area (TPSA) is 70.4 Å². The third-order valence-corrected chi connectivity index (χ3v) is 7.34. The lowest BCUT2D eigenvalue weighted by Gasteiger charge is -2.36. The number of benzene rings is 3. The zero-order chi connectivity index (χ0) is 24.7. The number of anilines is 1. The summed E-state index contributed by atoms with van der Waals surface area (Å²) in [5.74, 6) is -1.51. The van der Waals surface area contributed by atoms with Gasteiger partial charge in [-0.1, -0.05) is 84.4 Å². The van der Waals surface area contributed by atoms with E-state index in [1.54, 1.807) is 12.1 Å². The summed E-state index contributed by atoms with van der Waals surface area (Å²) in [6.07, 6.45) is 3.80. The Balaban J connectivity index is 1.84. The summed E-state index contributed by atoms with van der Waals surface area (Å²) in [5.41, 5.74) is 3.49. The number of carbonyl (C=O) groups is 2. The van der Waals surface area contributed by atoms with Crippen LogP contribution in [0, 0.1) is 30.6 Å². The molecule has 2 aliphatic heterocycles.